The second-order valence-corrected chi connectivity index (χ2v) is 2.23. The summed E-state index contributed by atoms with van der Waals surface area (Å²) in [6, 6.07) is 0. The minimum absolute atomic E-state index is 0.0800. The van der Waals surface area contributed by atoms with E-state index in [4.69, 9.17) is 10.2 Å². The summed E-state index contributed by atoms with van der Waals surface area (Å²) < 4.78 is 4.49. The van der Waals surface area contributed by atoms with Crippen LogP contribution in [0.3, 0.4) is 0 Å². The predicted molar refractivity (Wildman–Crippen MR) is 39.5 cm³/mol. The van der Waals surface area contributed by atoms with Gasteiger partial charge in [0.1, 0.15) is 6.61 Å². The lowest BCUT2D eigenvalue weighted by atomic mass is 10.2. The Morgan fingerprint density at radius 1 is 1.25 bits per heavy atom. The van der Waals surface area contributed by atoms with Gasteiger partial charge in [0, 0.05) is 6.42 Å². The molecule has 0 aliphatic rings. The summed E-state index contributed by atoms with van der Waals surface area (Å²) in [5.41, 5.74) is 0. The van der Waals surface area contributed by atoms with Crippen LogP contribution in [0.4, 0.5) is 0 Å². The second kappa shape index (κ2) is 6.60. The Morgan fingerprint density at radius 3 is 2.42 bits per heavy atom. The Labute approximate surface area is 70.0 Å². The quantitative estimate of drug-likeness (QED) is 0.431. The fourth-order valence-corrected chi connectivity index (χ4v) is 0.610. The van der Waals surface area contributed by atoms with Crippen molar-refractivity contribution in [3.63, 3.8) is 0 Å². The largest absolute Gasteiger partial charge is 0.481 e. The number of unbranched alkanes of at least 4 members (excludes halogenated alkanes) is 1. The number of rotatable bonds is 6. The summed E-state index contributed by atoms with van der Waals surface area (Å²) in [5.74, 6) is -1.53. The highest BCUT2D eigenvalue weighted by Crippen LogP contribution is 1.95. The van der Waals surface area contributed by atoms with Crippen LogP contribution >= 0.6 is 0 Å². The molecule has 0 atom stereocenters. The molecule has 12 heavy (non-hydrogen) atoms. The van der Waals surface area contributed by atoms with Crippen molar-refractivity contribution in [2.75, 3.05) is 13.2 Å². The van der Waals surface area contributed by atoms with Crippen LogP contribution in [0.15, 0.2) is 0 Å². The highest BCUT2D eigenvalue weighted by atomic mass is 16.5. The maximum absolute atomic E-state index is 10.3. The fraction of sp³-hybridized carbons (Fsp3) is 0.714. The molecule has 0 amide bonds. The highest BCUT2D eigenvalue weighted by Gasteiger charge is 1.99. The highest BCUT2D eigenvalue weighted by molar-refractivity contribution is 5.70. The molecule has 0 rings (SSSR count). The third-order valence-corrected chi connectivity index (χ3v) is 1.18. The van der Waals surface area contributed by atoms with Gasteiger partial charge >= 0.3 is 11.9 Å². The zero-order valence-electron chi connectivity index (χ0n) is 6.65. The van der Waals surface area contributed by atoms with Crippen LogP contribution in [0.25, 0.3) is 0 Å². The van der Waals surface area contributed by atoms with Gasteiger partial charge in [-0.05, 0) is 12.8 Å². The van der Waals surface area contributed by atoms with Crippen molar-refractivity contribution in [2.45, 2.75) is 19.3 Å². The molecule has 0 radical (unpaired) electrons. The van der Waals surface area contributed by atoms with Crippen molar-refractivity contribution < 1.29 is 24.5 Å². The van der Waals surface area contributed by atoms with E-state index in [2.05, 4.69) is 4.74 Å². The number of aliphatic hydroxyl groups is 1. The summed E-state index contributed by atoms with van der Waals surface area (Å²) in [6.45, 7) is -0.453. The smallest absolute Gasteiger partial charge is 0.331 e. The first-order valence-electron chi connectivity index (χ1n) is 3.65. The Balaban J connectivity index is 3.11. The van der Waals surface area contributed by atoms with E-state index in [0.717, 1.165) is 0 Å². The third kappa shape index (κ3) is 7.01. The number of carboxylic acids is 1. The number of carboxylic acid groups (broad SMARTS) is 1. The van der Waals surface area contributed by atoms with E-state index >= 15 is 0 Å². The molecule has 0 bridgehead atoms. The zero-order valence-corrected chi connectivity index (χ0v) is 6.65. The normalized spacial score (nSPS) is 9.42. The van der Waals surface area contributed by atoms with Crippen molar-refractivity contribution in [3.8, 4) is 0 Å². The van der Waals surface area contributed by atoms with Gasteiger partial charge < -0.3 is 14.9 Å². The molecule has 0 unspecified atom stereocenters. The van der Waals surface area contributed by atoms with Crippen LogP contribution in [-0.4, -0.2) is 35.4 Å². The van der Waals surface area contributed by atoms with E-state index in [1.807, 2.05) is 0 Å². The summed E-state index contributed by atoms with van der Waals surface area (Å²) in [4.78, 5) is 20.3. The van der Waals surface area contributed by atoms with Gasteiger partial charge in [0.15, 0.2) is 0 Å². The van der Waals surface area contributed by atoms with Gasteiger partial charge in [0.2, 0.25) is 0 Å². The number of esters is 1. The average Bonchev–Trinajstić information content (AvgIpc) is 2.03. The van der Waals surface area contributed by atoms with Crippen LogP contribution in [0.1, 0.15) is 19.3 Å². The van der Waals surface area contributed by atoms with Gasteiger partial charge in [-0.2, -0.15) is 0 Å². The van der Waals surface area contributed by atoms with Crippen LogP contribution < -0.4 is 0 Å². The molecule has 0 aromatic heterocycles. The van der Waals surface area contributed by atoms with E-state index in [1.54, 1.807) is 0 Å². The monoisotopic (exact) mass is 176 g/mol. The molecule has 5 nitrogen and oxygen atoms in total. The van der Waals surface area contributed by atoms with Crippen LogP contribution in [-0.2, 0) is 14.3 Å². The SMILES string of the molecule is O=C(O)CCCCOC(=O)CO. The fourth-order valence-electron chi connectivity index (χ4n) is 0.610. The molecule has 0 aromatic rings. The van der Waals surface area contributed by atoms with Gasteiger partial charge in [-0.3, -0.25) is 4.79 Å². The van der Waals surface area contributed by atoms with E-state index in [1.165, 1.54) is 0 Å². The number of carbonyl (C=O) groups is 2. The Morgan fingerprint density at radius 2 is 1.92 bits per heavy atom. The van der Waals surface area contributed by atoms with Gasteiger partial charge in [0.25, 0.3) is 0 Å². The van der Waals surface area contributed by atoms with Crippen LogP contribution in [0.5, 0.6) is 0 Å². The van der Waals surface area contributed by atoms with Crippen molar-refractivity contribution in [2.24, 2.45) is 0 Å². The van der Waals surface area contributed by atoms with Crippen LogP contribution in [0.2, 0.25) is 0 Å². The van der Waals surface area contributed by atoms with E-state index < -0.39 is 18.5 Å². The molecule has 0 saturated carbocycles. The molecule has 0 saturated heterocycles. The van der Waals surface area contributed by atoms with E-state index in [-0.39, 0.29) is 13.0 Å². The Hall–Kier alpha value is -1.10. The predicted octanol–water partition coefficient (Wildman–Crippen LogP) is -0.223. The lowest BCUT2D eigenvalue weighted by Gasteiger charge is -2.00. The van der Waals surface area contributed by atoms with Crippen molar-refractivity contribution in [3.05, 3.63) is 0 Å². The van der Waals surface area contributed by atoms with Gasteiger partial charge in [-0.1, -0.05) is 0 Å². The number of ether oxygens (including phenoxy) is 1. The topological polar surface area (TPSA) is 83.8 Å². The molecule has 0 aliphatic heterocycles. The van der Waals surface area contributed by atoms with Gasteiger partial charge in [0.05, 0.1) is 6.61 Å². The van der Waals surface area contributed by atoms with Crippen molar-refractivity contribution in [1.29, 1.82) is 0 Å². The maximum Gasteiger partial charge on any atom is 0.331 e. The lowest BCUT2D eigenvalue weighted by Crippen LogP contribution is -2.10. The second-order valence-electron chi connectivity index (χ2n) is 2.23. The molecule has 0 aliphatic carbocycles. The lowest BCUT2D eigenvalue weighted by molar-refractivity contribution is -0.147. The maximum atomic E-state index is 10.3. The molecule has 0 spiro atoms. The van der Waals surface area contributed by atoms with E-state index in [9.17, 15) is 9.59 Å². The first kappa shape index (κ1) is 10.9. The third-order valence-electron chi connectivity index (χ3n) is 1.18. The Bertz CT molecular complexity index is 154. The van der Waals surface area contributed by atoms with Crippen molar-refractivity contribution >= 4 is 11.9 Å². The number of hydrogen-bond acceptors (Lipinski definition) is 4. The molecule has 70 valence electrons. The number of carbonyl (C=O) groups excluding carboxylic acids is 1. The minimum atomic E-state index is -0.858. The molecule has 5 heteroatoms. The molecular weight excluding hydrogens is 164 g/mol. The van der Waals surface area contributed by atoms with Gasteiger partial charge in [-0.25, -0.2) is 4.79 Å². The van der Waals surface area contributed by atoms with Crippen LogP contribution in [0, 0.1) is 0 Å². The molecule has 2 N–H and O–H groups in total. The van der Waals surface area contributed by atoms with Crippen molar-refractivity contribution in [1.82, 2.24) is 0 Å². The Kier molecular flexibility index (Phi) is 6.00. The molecule has 0 fully saturated rings. The average molecular weight is 176 g/mol. The first-order chi connectivity index (χ1) is 5.66. The minimum Gasteiger partial charge on any atom is -0.481 e. The number of aliphatic hydroxyl groups excluding tert-OH is 1. The molecule has 0 aromatic carbocycles. The molecule has 0 heterocycles. The number of aliphatic carboxylic acids is 1. The summed E-state index contributed by atoms with van der Waals surface area (Å²) in [6.07, 6.45) is 1.07. The summed E-state index contributed by atoms with van der Waals surface area (Å²) in [5, 5.41) is 16.4. The summed E-state index contributed by atoms with van der Waals surface area (Å²) >= 11 is 0. The first-order valence-corrected chi connectivity index (χ1v) is 3.65. The zero-order chi connectivity index (χ0) is 9.40. The number of hydrogen-bond donors (Lipinski definition) is 2. The summed E-state index contributed by atoms with van der Waals surface area (Å²) in [7, 11) is 0. The standard InChI is InChI=1S/C7H12O5/c8-5-7(11)12-4-2-1-3-6(9)10/h8H,1-5H2,(H,9,10). The van der Waals surface area contributed by atoms with Gasteiger partial charge in [-0.15, -0.1) is 0 Å². The van der Waals surface area contributed by atoms with E-state index in [0.29, 0.717) is 12.8 Å². The molecular formula is C7H12O5.